The summed E-state index contributed by atoms with van der Waals surface area (Å²) in [6, 6.07) is 6.22. The van der Waals surface area contributed by atoms with Crippen molar-refractivity contribution in [3.63, 3.8) is 0 Å². The summed E-state index contributed by atoms with van der Waals surface area (Å²) in [5.41, 5.74) is 2.23. The molecule has 29 heavy (non-hydrogen) atoms. The van der Waals surface area contributed by atoms with E-state index in [1.807, 2.05) is 4.90 Å². The molecule has 0 aliphatic carbocycles. The van der Waals surface area contributed by atoms with Crippen LogP contribution in [0.15, 0.2) is 23.2 Å². The zero-order valence-corrected chi connectivity index (χ0v) is 18.1. The van der Waals surface area contributed by atoms with Crippen molar-refractivity contribution >= 4 is 11.9 Å². The van der Waals surface area contributed by atoms with E-state index in [2.05, 4.69) is 42.7 Å². The van der Waals surface area contributed by atoms with E-state index in [0.29, 0.717) is 26.2 Å². The molecule has 1 heterocycles. The average Bonchev–Trinajstić information content (AvgIpc) is 3.12. The van der Waals surface area contributed by atoms with Gasteiger partial charge in [0.05, 0.1) is 13.2 Å². The van der Waals surface area contributed by atoms with Gasteiger partial charge in [0.15, 0.2) is 5.96 Å². The zero-order valence-electron chi connectivity index (χ0n) is 18.1. The highest BCUT2D eigenvalue weighted by Crippen LogP contribution is 2.21. The molecule has 7 nitrogen and oxygen atoms in total. The van der Waals surface area contributed by atoms with Crippen molar-refractivity contribution in [2.24, 2.45) is 4.99 Å². The van der Waals surface area contributed by atoms with Gasteiger partial charge in [0.25, 0.3) is 0 Å². The van der Waals surface area contributed by atoms with E-state index in [4.69, 9.17) is 14.5 Å². The summed E-state index contributed by atoms with van der Waals surface area (Å²) in [5, 5.41) is 6.65. The number of nitrogens with zero attached hydrogens (tertiary/aromatic N) is 2. The number of hydrogen-bond donors (Lipinski definition) is 2. The van der Waals surface area contributed by atoms with E-state index in [-0.39, 0.29) is 5.91 Å². The Hall–Kier alpha value is -2.28. The van der Waals surface area contributed by atoms with Gasteiger partial charge in [-0.1, -0.05) is 12.1 Å². The Labute approximate surface area is 174 Å². The Bertz CT molecular complexity index is 663. The Kier molecular flexibility index (Phi) is 10.3. The summed E-state index contributed by atoms with van der Waals surface area (Å²) in [4.78, 5) is 18.3. The SMILES string of the molecule is CCNC(=NCc1ccc(C)cc1OCCCOC)NCCCN1CCCC1=O. The number of nitrogens with one attached hydrogen (secondary N) is 2. The van der Waals surface area contributed by atoms with E-state index < -0.39 is 0 Å². The molecule has 0 bridgehead atoms. The van der Waals surface area contributed by atoms with Gasteiger partial charge in [0.1, 0.15) is 5.75 Å². The van der Waals surface area contributed by atoms with Crippen molar-refractivity contribution in [1.82, 2.24) is 15.5 Å². The summed E-state index contributed by atoms with van der Waals surface area (Å²) in [7, 11) is 1.70. The second-order valence-corrected chi connectivity index (χ2v) is 7.27. The lowest BCUT2D eigenvalue weighted by molar-refractivity contribution is -0.127. The summed E-state index contributed by atoms with van der Waals surface area (Å²) >= 11 is 0. The van der Waals surface area contributed by atoms with Crippen LogP contribution in [0.1, 0.15) is 43.7 Å². The molecule has 1 aromatic carbocycles. The quantitative estimate of drug-likeness (QED) is 0.318. The van der Waals surface area contributed by atoms with E-state index >= 15 is 0 Å². The third-order valence-corrected chi connectivity index (χ3v) is 4.79. The number of hydrogen-bond acceptors (Lipinski definition) is 4. The lowest BCUT2D eigenvalue weighted by Gasteiger charge is -2.17. The predicted molar refractivity (Wildman–Crippen MR) is 116 cm³/mol. The molecule has 2 N–H and O–H groups in total. The van der Waals surface area contributed by atoms with Crippen LogP contribution in [0.4, 0.5) is 0 Å². The Balaban J connectivity index is 1.86. The highest BCUT2D eigenvalue weighted by molar-refractivity contribution is 5.80. The van der Waals surface area contributed by atoms with E-state index in [1.165, 1.54) is 5.56 Å². The number of rotatable bonds is 12. The second-order valence-electron chi connectivity index (χ2n) is 7.27. The second kappa shape index (κ2) is 13.0. The summed E-state index contributed by atoms with van der Waals surface area (Å²) in [6.45, 7) is 9.26. The first kappa shape index (κ1) is 23.0. The van der Waals surface area contributed by atoms with Crippen LogP contribution in [0.25, 0.3) is 0 Å². The third kappa shape index (κ3) is 8.31. The molecule has 0 spiro atoms. The van der Waals surface area contributed by atoms with Crippen LogP contribution in [-0.2, 0) is 16.1 Å². The van der Waals surface area contributed by atoms with Crippen LogP contribution in [0.5, 0.6) is 5.75 Å². The number of aryl methyl sites for hydroxylation is 1. The number of methoxy groups -OCH3 is 1. The van der Waals surface area contributed by atoms with Gasteiger partial charge in [-0.2, -0.15) is 0 Å². The molecule has 7 heteroatoms. The normalized spacial score (nSPS) is 14.4. The number of guanidine groups is 1. The maximum absolute atomic E-state index is 11.7. The van der Waals surface area contributed by atoms with Gasteiger partial charge in [-0.3, -0.25) is 4.79 Å². The number of carbonyl (C=O) groups is 1. The molecule has 2 rings (SSSR count). The Morgan fingerprint density at radius 3 is 2.83 bits per heavy atom. The van der Waals surface area contributed by atoms with Gasteiger partial charge < -0.3 is 25.0 Å². The maximum atomic E-state index is 11.7. The Morgan fingerprint density at radius 2 is 2.10 bits per heavy atom. The third-order valence-electron chi connectivity index (χ3n) is 4.79. The molecule has 1 aromatic rings. The fraction of sp³-hybridized carbons (Fsp3) is 0.636. The van der Waals surface area contributed by atoms with Crippen LogP contribution in [-0.4, -0.2) is 63.3 Å². The molecular weight excluding hydrogens is 368 g/mol. The number of aliphatic imine (C=N–C) groups is 1. The minimum atomic E-state index is 0.281. The first-order chi connectivity index (χ1) is 14.1. The van der Waals surface area contributed by atoms with Crippen LogP contribution >= 0.6 is 0 Å². The molecule has 1 fully saturated rings. The van der Waals surface area contributed by atoms with Gasteiger partial charge in [-0.05, 0) is 38.3 Å². The number of likely N-dealkylation sites (tertiary alicyclic amines) is 1. The topological polar surface area (TPSA) is 75.2 Å². The number of carbonyl (C=O) groups excluding carboxylic acids is 1. The van der Waals surface area contributed by atoms with Crippen molar-refractivity contribution < 1.29 is 14.3 Å². The molecular formula is C22H36N4O3. The van der Waals surface area contributed by atoms with Crippen LogP contribution in [0, 0.1) is 6.92 Å². The zero-order chi connectivity index (χ0) is 20.9. The van der Waals surface area contributed by atoms with E-state index in [1.54, 1.807) is 7.11 Å². The fourth-order valence-electron chi connectivity index (χ4n) is 3.24. The van der Waals surface area contributed by atoms with Crippen LogP contribution in [0.2, 0.25) is 0 Å². The van der Waals surface area contributed by atoms with Gasteiger partial charge in [0.2, 0.25) is 5.91 Å². The smallest absolute Gasteiger partial charge is 0.222 e. The largest absolute Gasteiger partial charge is 0.493 e. The lowest BCUT2D eigenvalue weighted by Crippen LogP contribution is -2.39. The van der Waals surface area contributed by atoms with Crippen molar-refractivity contribution in [2.45, 2.75) is 46.1 Å². The molecule has 1 saturated heterocycles. The van der Waals surface area contributed by atoms with Gasteiger partial charge in [-0.15, -0.1) is 0 Å². The molecule has 0 radical (unpaired) electrons. The van der Waals surface area contributed by atoms with Gasteiger partial charge in [0, 0.05) is 58.3 Å². The van der Waals surface area contributed by atoms with Gasteiger partial charge in [-0.25, -0.2) is 4.99 Å². The van der Waals surface area contributed by atoms with Crippen molar-refractivity contribution in [3.05, 3.63) is 29.3 Å². The fourth-order valence-corrected chi connectivity index (χ4v) is 3.24. The number of ether oxygens (including phenoxy) is 2. The Morgan fingerprint density at radius 1 is 1.24 bits per heavy atom. The molecule has 1 aliphatic heterocycles. The van der Waals surface area contributed by atoms with E-state index in [9.17, 15) is 4.79 Å². The molecule has 162 valence electrons. The molecule has 0 saturated carbocycles. The highest BCUT2D eigenvalue weighted by atomic mass is 16.5. The maximum Gasteiger partial charge on any atom is 0.222 e. The van der Waals surface area contributed by atoms with Crippen molar-refractivity contribution in [2.75, 3.05) is 46.5 Å². The van der Waals surface area contributed by atoms with Crippen LogP contribution < -0.4 is 15.4 Å². The minimum absolute atomic E-state index is 0.281. The van der Waals surface area contributed by atoms with Crippen LogP contribution in [0.3, 0.4) is 0 Å². The minimum Gasteiger partial charge on any atom is -0.493 e. The molecule has 0 aromatic heterocycles. The van der Waals surface area contributed by atoms with E-state index in [0.717, 1.165) is 62.7 Å². The monoisotopic (exact) mass is 404 g/mol. The first-order valence-electron chi connectivity index (χ1n) is 10.6. The summed E-state index contributed by atoms with van der Waals surface area (Å²) in [5.74, 6) is 1.95. The standard InChI is InChI=1S/C22H36N4O3/c1-4-23-22(24-11-6-13-26-12-5-8-21(26)27)25-17-19-10-9-18(2)16-20(19)29-15-7-14-28-3/h9-10,16H,4-8,11-15,17H2,1-3H3,(H2,23,24,25). The predicted octanol–water partition coefficient (Wildman–Crippen LogP) is 2.48. The first-order valence-corrected chi connectivity index (χ1v) is 10.6. The highest BCUT2D eigenvalue weighted by Gasteiger charge is 2.18. The molecule has 1 aliphatic rings. The van der Waals surface area contributed by atoms with Crippen molar-refractivity contribution in [3.8, 4) is 5.75 Å². The molecule has 1 amide bonds. The average molecular weight is 405 g/mol. The van der Waals surface area contributed by atoms with Gasteiger partial charge >= 0.3 is 0 Å². The summed E-state index contributed by atoms with van der Waals surface area (Å²) < 4.78 is 11.0. The number of benzene rings is 1. The summed E-state index contributed by atoms with van der Waals surface area (Å²) in [6.07, 6.45) is 3.46. The molecule has 0 atom stereocenters. The molecule has 0 unspecified atom stereocenters. The lowest BCUT2D eigenvalue weighted by atomic mass is 10.1. The van der Waals surface area contributed by atoms with Crippen molar-refractivity contribution in [1.29, 1.82) is 0 Å². The number of amides is 1.